The van der Waals surface area contributed by atoms with E-state index in [0.717, 1.165) is 88.5 Å². The minimum Gasteiger partial charge on any atom is -0.465 e. The summed E-state index contributed by atoms with van der Waals surface area (Å²) in [5, 5.41) is 9.09. The van der Waals surface area contributed by atoms with Crippen molar-refractivity contribution in [3.63, 3.8) is 0 Å². The molecular weight excluding hydrogens is 354 g/mol. The second kappa shape index (κ2) is 9.20. The molecule has 7 heteroatoms. The van der Waals surface area contributed by atoms with Gasteiger partial charge in [-0.1, -0.05) is 6.92 Å². The van der Waals surface area contributed by atoms with Gasteiger partial charge in [0.05, 0.1) is 26.3 Å². The van der Waals surface area contributed by atoms with Crippen molar-refractivity contribution < 1.29 is 9.15 Å². The zero-order valence-electron chi connectivity index (χ0n) is 17.3. The minimum atomic E-state index is 0.440. The minimum absolute atomic E-state index is 0.440. The predicted molar refractivity (Wildman–Crippen MR) is 107 cm³/mol. The molecule has 0 bridgehead atoms. The number of hydrogen-bond donors (Lipinski definition) is 0. The molecule has 2 fully saturated rings. The highest BCUT2D eigenvalue weighted by Crippen LogP contribution is 2.27. The van der Waals surface area contributed by atoms with Gasteiger partial charge in [-0.25, -0.2) is 0 Å². The molecular formula is C21H33N5O2. The average Bonchev–Trinajstić information content (AvgIpc) is 3.30. The first-order chi connectivity index (χ1) is 13.7. The third-order valence-electron chi connectivity index (χ3n) is 5.93. The van der Waals surface area contributed by atoms with E-state index in [2.05, 4.69) is 50.7 Å². The summed E-state index contributed by atoms with van der Waals surface area (Å²) in [7, 11) is 2.12. The van der Waals surface area contributed by atoms with E-state index in [1.807, 2.05) is 0 Å². The SMILES string of the molecule is CCCc1ccc(CN2CCCC(c3nnc(CN4CCOCC4)n3C)C2)o1. The summed E-state index contributed by atoms with van der Waals surface area (Å²) in [4.78, 5) is 4.90. The van der Waals surface area contributed by atoms with Crippen LogP contribution in [0.25, 0.3) is 0 Å². The lowest BCUT2D eigenvalue weighted by Crippen LogP contribution is -2.36. The summed E-state index contributed by atoms with van der Waals surface area (Å²) in [6, 6.07) is 4.26. The van der Waals surface area contributed by atoms with Gasteiger partial charge >= 0.3 is 0 Å². The van der Waals surface area contributed by atoms with Gasteiger partial charge in [0.2, 0.25) is 0 Å². The lowest BCUT2D eigenvalue weighted by atomic mass is 9.97. The molecule has 2 saturated heterocycles. The molecule has 0 amide bonds. The van der Waals surface area contributed by atoms with E-state index in [-0.39, 0.29) is 0 Å². The zero-order chi connectivity index (χ0) is 19.3. The van der Waals surface area contributed by atoms with Crippen LogP contribution in [0.2, 0.25) is 0 Å². The topological polar surface area (TPSA) is 59.6 Å². The summed E-state index contributed by atoms with van der Waals surface area (Å²) in [6.45, 7) is 9.65. The van der Waals surface area contributed by atoms with E-state index in [9.17, 15) is 0 Å². The van der Waals surface area contributed by atoms with Crippen LogP contribution < -0.4 is 0 Å². The lowest BCUT2D eigenvalue weighted by molar-refractivity contribution is 0.0326. The number of rotatable bonds is 7. The van der Waals surface area contributed by atoms with Gasteiger partial charge in [0, 0.05) is 39.0 Å². The maximum Gasteiger partial charge on any atom is 0.146 e. The fourth-order valence-corrected chi connectivity index (χ4v) is 4.35. The van der Waals surface area contributed by atoms with Gasteiger partial charge in [0.15, 0.2) is 0 Å². The molecule has 1 unspecified atom stereocenters. The number of ether oxygens (including phenoxy) is 1. The van der Waals surface area contributed by atoms with Crippen LogP contribution in [0.15, 0.2) is 16.5 Å². The van der Waals surface area contributed by atoms with E-state index in [4.69, 9.17) is 9.15 Å². The Bertz CT molecular complexity index is 750. The van der Waals surface area contributed by atoms with Crippen molar-refractivity contribution in [2.75, 3.05) is 39.4 Å². The van der Waals surface area contributed by atoms with Crippen molar-refractivity contribution >= 4 is 0 Å². The second-order valence-electron chi connectivity index (χ2n) is 8.11. The maximum absolute atomic E-state index is 5.99. The quantitative estimate of drug-likeness (QED) is 0.728. The zero-order valence-corrected chi connectivity index (χ0v) is 17.3. The second-order valence-corrected chi connectivity index (χ2v) is 8.11. The summed E-state index contributed by atoms with van der Waals surface area (Å²) >= 11 is 0. The molecule has 2 aliphatic heterocycles. The largest absolute Gasteiger partial charge is 0.465 e. The molecule has 4 rings (SSSR count). The van der Waals surface area contributed by atoms with E-state index < -0.39 is 0 Å². The smallest absolute Gasteiger partial charge is 0.146 e. The van der Waals surface area contributed by atoms with Crippen molar-refractivity contribution in [1.82, 2.24) is 24.6 Å². The highest BCUT2D eigenvalue weighted by atomic mass is 16.5. The summed E-state index contributed by atoms with van der Waals surface area (Å²) < 4.78 is 13.7. The van der Waals surface area contributed by atoms with Crippen LogP contribution in [0.1, 0.15) is 55.3 Å². The van der Waals surface area contributed by atoms with Gasteiger partial charge in [-0.15, -0.1) is 10.2 Å². The lowest BCUT2D eigenvalue weighted by Gasteiger charge is -2.31. The molecule has 0 aliphatic carbocycles. The summed E-state index contributed by atoms with van der Waals surface area (Å²) in [5.74, 6) is 4.81. The van der Waals surface area contributed by atoms with E-state index in [1.165, 1.54) is 12.8 Å². The molecule has 4 heterocycles. The van der Waals surface area contributed by atoms with Crippen molar-refractivity contribution in [3.05, 3.63) is 35.3 Å². The van der Waals surface area contributed by atoms with Crippen LogP contribution in [-0.4, -0.2) is 64.0 Å². The van der Waals surface area contributed by atoms with Crippen LogP contribution in [-0.2, 0) is 31.3 Å². The fraction of sp³-hybridized carbons (Fsp3) is 0.714. The van der Waals surface area contributed by atoms with Crippen LogP contribution >= 0.6 is 0 Å². The van der Waals surface area contributed by atoms with Gasteiger partial charge in [-0.05, 0) is 37.9 Å². The molecule has 2 aromatic rings. The van der Waals surface area contributed by atoms with E-state index in [0.29, 0.717) is 5.92 Å². The first kappa shape index (κ1) is 19.6. The van der Waals surface area contributed by atoms with E-state index in [1.54, 1.807) is 0 Å². The first-order valence-electron chi connectivity index (χ1n) is 10.7. The number of furan rings is 1. The standard InChI is InChI=1S/C21H33N5O2/c1-3-5-18-7-8-19(28-18)15-26-9-4-6-17(14-26)21-23-22-20(24(21)2)16-25-10-12-27-13-11-25/h7-8,17H,3-6,9-16H2,1-2H3. The highest BCUT2D eigenvalue weighted by molar-refractivity contribution is 5.09. The number of nitrogens with zero attached hydrogens (tertiary/aromatic N) is 5. The number of morpholine rings is 1. The third-order valence-corrected chi connectivity index (χ3v) is 5.93. The fourth-order valence-electron chi connectivity index (χ4n) is 4.35. The first-order valence-corrected chi connectivity index (χ1v) is 10.7. The van der Waals surface area contributed by atoms with Crippen molar-refractivity contribution in [2.24, 2.45) is 7.05 Å². The number of aromatic nitrogens is 3. The Morgan fingerprint density at radius 2 is 1.86 bits per heavy atom. The average molecular weight is 388 g/mol. The van der Waals surface area contributed by atoms with Crippen molar-refractivity contribution in [3.8, 4) is 0 Å². The van der Waals surface area contributed by atoms with Gasteiger partial charge in [0.25, 0.3) is 0 Å². The highest BCUT2D eigenvalue weighted by Gasteiger charge is 2.27. The van der Waals surface area contributed by atoms with Crippen LogP contribution in [0.3, 0.4) is 0 Å². The Morgan fingerprint density at radius 1 is 1.04 bits per heavy atom. The van der Waals surface area contributed by atoms with Gasteiger partial charge < -0.3 is 13.7 Å². The Hall–Kier alpha value is -1.70. The molecule has 154 valence electrons. The maximum atomic E-state index is 5.99. The van der Waals surface area contributed by atoms with Crippen LogP contribution in [0.5, 0.6) is 0 Å². The number of likely N-dealkylation sites (tertiary alicyclic amines) is 1. The van der Waals surface area contributed by atoms with Gasteiger partial charge in [-0.3, -0.25) is 9.80 Å². The normalized spacial score (nSPS) is 22.0. The molecule has 0 saturated carbocycles. The summed E-state index contributed by atoms with van der Waals surface area (Å²) in [6.07, 6.45) is 4.52. The molecule has 2 aliphatic rings. The number of aryl methyl sites for hydroxylation is 1. The molecule has 2 aromatic heterocycles. The molecule has 0 spiro atoms. The molecule has 0 N–H and O–H groups in total. The van der Waals surface area contributed by atoms with E-state index >= 15 is 0 Å². The molecule has 1 atom stereocenters. The molecule has 0 radical (unpaired) electrons. The van der Waals surface area contributed by atoms with Gasteiger partial charge in [0.1, 0.15) is 23.2 Å². The van der Waals surface area contributed by atoms with Crippen molar-refractivity contribution in [2.45, 2.75) is 51.6 Å². The van der Waals surface area contributed by atoms with Crippen LogP contribution in [0, 0.1) is 0 Å². The van der Waals surface area contributed by atoms with Gasteiger partial charge in [-0.2, -0.15) is 0 Å². The number of piperidine rings is 1. The Kier molecular flexibility index (Phi) is 6.44. The van der Waals surface area contributed by atoms with Crippen LogP contribution in [0.4, 0.5) is 0 Å². The van der Waals surface area contributed by atoms with Crippen molar-refractivity contribution in [1.29, 1.82) is 0 Å². The molecule has 7 nitrogen and oxygen atoms in total. The number of hydrogen-bond acceptors (Lipinski definition) is 6. The predicted octanol–water partition coefficient (Wildman–Crippen LogP) is 2.57. The molecule has 0 aromatic carbocycles. The molecule has 28 heavy (non-hydrogen) atoms. The Labute approximate surface area is 167 Å². The Balaban J connectivity index is 1.37. The Morgan fingerprint density at radius 3 is 2.68 bits per heavy atom. The monoisotopic (exact) mass is 387 g/mol. The third kappa shape index (κ3) is 4.64. The summed E-state index contributed by atoms with van der Waals surface area (Å²) in [5.41, 5.74) is 0.